The molecule has 3 atom stereocenters. The van der Waals surface area contributed by atoms with Crippen LogP contribution in [0.25, 0.3) is 0 Å². The monoisotopic (exact) mass is 403 g/mol. The zero-order chi connectivity index (χ0) is 20.6. The van der Waals surface area contributed by atoms with Crippen molar-refractivity contribution in [2.45, 2.75) is 43.9 Å². The maximum Gasteiger partial charge on any atom is 0.320 e. The van der Waals surface area contributed by atoms with E-state index in [1.165, 1.54) is 5.56 Å². The molecule has 158 valence electrons. The molecule has 3 fully saturated rings. The summed E-state index contributed by atoms with van der Waals surface area (Å²) in [6.45, 7) is 4.17. The summed E-state index contributed by atoms with van der Waals surface area (Å²) in [5.41, 5.74) is 12.5. The van der Waals surface area contributed by atoms with Gasteiger partial charge in [-0.3, -0.25) is 4.79 Å². The SMILES string of the molecule is Cc1ccc(COC2CCN(C(=O)N3CC[C@]4(N)OCC(=O)N[C@]4(N)C3)C2)cc1. The number of rotatable bonds is 3. The number of amides is 3. The normalized spacial score (nSPS) is 32.1. The smallest absolute Gasteiger partial charge is 0.320 e. The van der Waals surface area contributed by atoms with Crippen molar-refractivity contribution in [2.75, 3.05) is 32.8 Å². The van der Waals surface area contributed by atoms with Gasteiger partial charge in [0.15, 0.2) is 5.72 Å². The first-order chi connectivity index (χ1) is 13.8. The zero-order valence-electron chi connectivity index (χ0n) is 16.7. The first-order valence-electron chi connectivity index (χ1n) is 10.0. The van der Waals surface area contributed by atoms with E-state index >= 15 is 0 Å². The fourth-order valence-electron chi connectivity index (χ4n) is 4.16. The lowest BCUT2D eigenvalue weighted by Crippen LogP contribution is -2.84. The lowest BCUT2D eigenvalue weighted by molar-refractivity contribution is -0.180. The molecule has 3 aliphatic rings. The molecule has 5 N–H and O–H groups in total. The minimum Gasteiger partial charge on any atom is -0.372 e. The standard InChI is InChI=1S/C20H29N5O4/c1-14-2-4-15(5-3-14)11-28-16-6-8-24(10-16)18(27)25-9-7-20(22)19(21,13-25)23-17(26)12-29-20/h2-5,16H,6-13,21-22H2,1H3,(H,23,26)/t16?,19-,20+/m1/s1. The van der Waals surface area contributed by atoms with Gasteiger partial charge in [0.25, 0.3) is 0 Å². The number of piperidine rings is 1. The Labute approximate surface area is 170 Å². The molecule has 1 aromatic carbocycles. The number of nitrogens with one attached hydrogen (secondary N) is 1. The molecule has 1 aromatic rings. The van der Waals surface area contributed by atoms with Gasteiger partial charge in [0.2, 0.25) is 5.91 Å². The lowest BCUT2D eigenvalue weighted by atomic mass is 9.87. The molecule has 3 heterocycles. The van der Waals surface area contributed by atoms with Gasteiger partial charge >= 0.3 is 6.03 Å². The second-order valence-corrected chi connectivity index (χ2v) is 8.31. The number of urea groups is 1. The van der Waals surface area contributed by atoms with Crippen LogP contribution in [0.5, 0.6) is 0 Å². The van der Waals surface area contributed by atoms with Crippen molar-refractivity contribution < 1.29 is 19.1 Å². The Kier molecular flexibility index (Phi) is 5.24. The molecule has 0 saturated carbocycles. The fourth-order valence-corrected chi connectivity index (χ4v) is 4.16. The Morgan fingerprint density at radius 3 is 2.79 bits per heavy atom. The first-order valence-corrected chi connectivity index (χ1v) is 10.0. The Bertz CT molecular complexity index is 788. The van der Waals surface area contributed by atoms with Crippen LogP contribution < -0.4 is 16.8 Å². The molecule has 4 rings (SSSR count). The van der Waals surface area contributed by atoms with E-state index in [-0.39, 0.29) is 31.2 Å². The molecule has 3 saturated heterocycles. The van der Waals surface area contributed by atoms with E-state index in [1.54, 1.807) is 9.80 Å². The molecule has 9 nitrogen and oxygen atoms in total. The summed E-state index contributed by atoms with van der Waals surface area (Å²) in [5, 5.41) is 2.71. The number of carbonyl (C=O) groups is 2. The van der Waals surface area contributed by atoms with E-state index in [0.717, 1.165) is 12.0 Å². The Morgan fingerprint density at radius 2 is 2.03 bits per heavy atom. The van der Waals surface area contributed by atoms with Gasteiger partial charge in [0.05, 0.1) is 19.3 Å². The van der Waals surface area contributed by atoms with Gasteiger partial charge in [-0.15, -0.1) is 0 Å². The summed E-state index contributed by atoms with van der Waals surface area (Å²) < 4.78 is 11.5. The number of hydrogen-bond acceptors (Lipinski definition) is 6. The number of morpholine rings is 1. The molecule has 1 unspecified atom stereocenters. The maximum atomic E-state index is 13.0. The number of ether oxygens (including phenoxy) is 2. The third-order valence-corrected chi connectivity index (χ3v) is 6.06. The van der Waals surface area contributed by atoms with Crippen LogP contribution in [-0.2, 0) is 20.9 Å². The van der Waals surface area contributed by atoms with Crippen molar-refractivity contribution in [1.82, 2.24) is 15.1 Å². The number of benzene rings is 1. The van der Waals surface area contributed by atoms with Crippen LogP contribution in [0.3, 0.4) is 0 Å². The van der Waals surface area contributed by atoms with Gasteiger partial charge in [-0.2, -0.15) is 0 Å². The average Bonchev–Trinajstić information content (AvgIpc) is 3.16. The summed E-state index contributed by atoms with van der Waals surface area (Å²) in [7, 11) is 0. The molecular weight excluding hydrogens is 374 g/mol. The minimum atomic E-state index is -1.29. The Balaban J connectivity index is 1.32. The van der Waals surface area contributed by atoms with Crippen LogP contribution in [0.15, 0.2) is 24.3 Å². The summed E-state index contributed by atoms with van der Waals surface area (Å²) in [5.74, 6) is -0.325. The van der Waals surface area contributed by atoms with Crippen molar-refractivity contribution >= 4 is 11.9 Å². The summed E-state index contributed by atoms with van der Waals surface area (Å²) in [6.07, 6.45) is 1.15. The third-order valence-electron chi connectivity index (χ3n) is 6.06. The molecule has 3 amide bonds. The van der Waals surface area contributed by atoms with Crippen LogP contribution in [0.1, 0.15) is 24.0 Å². The number of carbonyl (C=O) groups excluding carboxylic acids is 2. The van der Waals surface area contributed by atoms with E-state index in [0.29, 0.717) is 32.7 Å². The number of nitrogens with two attached hydrogens (primary N) is 2. The van der Waals surface area contributed by atoms with Crippen LogP contribution in [0.2, 0.25) is 0 Å². The number of likely N-dealkylation sites (tertiary alicyclic amines) is 2. The van der Waals surface area contributed by atoms with Gasteiger partial charge in [-0.05, 0) is 18.9 Å². The van der Waals surface area contributed by atoms with Crippen LogP contribution >= 0.6 is 0 Å². The molecule has 0 spiro atoms. The van der Waals surface area contributed by atoms with Crippen molar-refractivity contribution in [1.29, 1.82) is 0 Å². The molecule has 0 bridgehead atoms. The summed E-state index contributed by atoms with van der Waals surface area (Å²) in [4.78, 5) is 28.2. The van der Waals surface area contributed by atoms with E-state index < -0.39 is 11.4 Å². The largest absolute Gasteiger partial charge is 0.372 e. The van der Waals surface area contributed by atoms with Gasteiger partial charge < -0.3 is 36.1 Å². The van der Waals surface area contributed by atoms with E-state index in [1.807, 2.05) is 0 Å². The molecule has 29 heavy (non-hydrogen) atoms. The van der Waals surface area contributed by atoms with Crippen molar-refractivity contribution in [3.05, 3.63) is 35.4 Å². The molecule has 9 heteroatoms. The third kappa shape index (κ3) is 3.95. The summed E-state index contributed by atoms with van der Waals surface area (Å²) >= 11 is 0. The van der Waals surface area contributed by atoms with Crippen LogP contribution in [0.4, 0.5) is 4.79 Å². The van der Waals surface area contributed by atoms with E-state index in [9.17, 15) is 9.59 Å². The highest BCUT2D eigenvalue weighted by atomic mass is 16.5. The molecule has 0 radical (unpaired) electrons. The topological polar surface area (TPSA) is 123 Å². The van der Waals surface area contributed by atoms with Gasteiger partial charge in [-0.25, -0.2) is 4.79 Å². The van der Waals surface area contributed by atoms with Crippen LogP contribution in [0, 0.1) is 6.92 Å². The lowest BCUT2D eigenvalue weighted by Gasteiger charge is -2.54. The van der Waals surface area contributed by atoms with E-state index in [4.69, 9.17) is 20.9 Å². The second kappa shape index (κ2) is 7.56. The Hall–Kier alpha value is -2.20. The minimum absolute atomic E-state index is 0.00296. The van der Waals surface area contributed by atoms with Gasteiger partial charge in [0, 0.05) is 26.1 Å². The van der Waals surface area contributed by atoms with E-state index in [2.05, 4.69) is 36.5 Å². The molecular formula is C20H29N5O4. The molecule has 0 aliphatic carbocycles. The molecule has 3 aliphatic heterocycles. The average molecular weight is 403 g/mol. The number of hydrogen-bond donors (Lipinski definition) is 3. The second-order valence-electron chi connectivity index (χ2n) is 8.31. The molecule has 0 aromatic heterocycles. The van der Waals surface area contributed by atoms with Crippen molar-refractivity contribution in [3.63, 3.8) is 0 Å². The highest BCUT2D eigenvalue weighted by molar-refractivity contribution is 5.80. The number of fused-ring (bicyclic) bond motifs is 1. The quantitative estimate of drug-likeness (QED) is 0.646. The number of aryl methyl sites for hydroxylation is 1. The van der Waals surface area contributed by atoms with Crippen molar-refractivity contribution in [2.24, 2.45) is 11.5 Å². The van der Waals surface area contributed by atoms with Gasteiger partial charge in [0.1, 0.15) is 12.3 Å². The number of nitrogens with zero attached hydrogens (tertiary/aromatic N) is 2. The van der Waals surface area contributed by atoms with Crippen molar-refractivity contribution in [3.8, 4) is 0 Å². The maximum absolute atomic E-state index is 13.0. The predicted octanol–water partition coefficient (Wildman–Crippen LogP) is -0.132. The van der Waals surface area contributed by atoms with Gasteiger partial charge in [-0.1, -0.05) is 29.8 Å². The fraction of sp³-hybridized carbons (Fsp3) is 0.600. The van der Waals surface area contributed by atoms with Crippen LogP contribution in [-0.4, -0.2) is 72.0 Å². The predicted molar refractivity (Wildman–Crippen MR) is 105 cm³/mol. The summed E-state index contributed by atoms with van der Waals surface area (Å²) in [6, 6.07) is 8.13. The highest BCUT2D eigenvalue weighted by Crippen LogP contribution is 2.30. The first kappa shape index (κ1) is 20.1. The zero-order valence-corrected chi connectivity index (χ0v) is 16.7. The highest BCUT2D eigenvalue weighted by Gasteiger charge is 2.56. The Morgan fingerprint density at radius 1 is 1.28 bits per heavy atom.